The first kappa shape index (κ1) is 10.7. The van der Waals surface area contributed by atoms with E-state index in [-0.39, 0.29) is 21.1 Å². The van der Waals surface area contributed by atoms with E-state index in [1.165, 1.54) is 0 Å². The Bertz CT molecular complexity index is 186. The van der Waals surface area contributed by atoms with Gasteiger partial charge in [-0.15, -0.1) is 6.54 Å². The Hall–Kier alpha value is -0.292. The number of hydrogen-bond donors (Lipinski definition) is 0. The number of rotatable bonds is 2. The molecule has 0 bridgehead atoms. The van der Waals surface area contributed by atoms with Crippen LogP contribution in [0.1, 0.15) is 0 Å². The molecular weight excluding hydrogens is 306 g/mol. The molecule has 0 saturated heterocycles. The summed E-state index contributed by atoms with van der Waals surface area (Å²) in [6.45, 7) is 4.42. The molecule has 0 radical (unpaired) electrons. The average molecular weight is 317 g/mol. The Balaban J connectivity index is 0.000001000. The number of para-hydroxylation sites is 1. The molecule has 0 aliphatic heterocycles. The second kappa shape index (κ2) is 5.37. The second-order valence-electron chi connectivity index (χ2n) is 2.10. The zero-order valence-electron chi connectivity index (χ0n) is 6.36. The van der Waals surface area contributed by atoms with Gasteiger partial charge in [0.2, 0.25) is 0 Å². The topological polar surface area (TPSA) is 3.24 Å². The Morgan fingerprint density at radius 2 is 1.73 bits per heavy atom. The third-order valence-electron chi connectivity index (χ3n) is 1.39. The predicted molar refractivity (Wildman–Crippen MR) is 44.5 cm³/mol. The van der Waals surface area contributed by atoms with E-state index in [4.69, 9.17) is 0 Å². The Labute approximate surface area is 82.7 Å². The zero-order chi connectivity index (χ0) is 7.40. The maximum atomic E-state index is 3.80. The summed E-state index contributed by atoms with van der Waals surface area (Å²) in [7, 11) is 3.80. The second-order valence-corrected chi connectivity index (χ2v) is 2.10. The minimum absolute atomic E-state index is 0. The molecule has 0 aromatic heterocycles. The molecule has 0 fully saturated rings. The van der Waals surface area contributed by atoms with Gasteiger partial charge in [-0.25, -0.2) is 0 Å². The van der Waals surface area contributed by atoms with Crippen molar-refractivity contribution in [3.8, 4) is 0 Å². The number of benzene rings is 1. The van der Waals surface area contributed by atoms with Gasteiger partial charge in [0.05, 0.1) is 0 Å². The van der Waals surface area contributed by atoms with Crippen LogP contribution in [-0.2, 0) is 21.1 Å². The van der Waals surface area contributed by atoms with Crippen LogP contribution >= 0.6 is 0 Å². The Kier molecular flexibility index (Phi) is 5.23. The van der Waals surface area contributed by atoms with Gasteiger partial charge < -0.3 is 11.8 Å². The van der Waals surface area contributed by atoms with E-state index in [2.05, 4.69) is 14.0 Å². The van der Waals surface area contributed by atoms with Crippen molar-refractivity contribution in [1.82, 2.24) is 0 Å². The zero-order valence-corrected chi connectivity index (χ0v) is 9.30. The van der Waals surface area contributed by atoms with Crippen LogP contribution in [0.2, 0.25) is 0 Å². The molecule has 1 aromatic rings. The molecule has 0 aliphatic carbocycles. The quantitative estimate of drug-likeness (QED) is 0.755. The van der Waals surface area contributed by atoms with E-state index in [0.29, 0.717) is 6.54 Å². The molecule has 0 spiro atoms. The van der Waals surface area contributed by atoms with Gasteiger partial charge in [0, 0.05) is 5.69 Å². The molecule has 0 atom stereocenters. The van der Waals surface area contributed by atoms with Crippen molar-refractivity contribution >= 4 is 5.69 Å². The third kappa shape index (κ3) is 3.07. The fourth-order valence-electron chi connectivity index (χ4n) is 0.768. The smallest absolute Gasteiger partial charge is 0.550 e. The van der Waals surface area contributed by atoms with Gasteiger partial charge in [-0.2, -0.15) is 0 Å². The van der Waals surface area contributed by atoms with Crippen LogP contribution < -0.4 is 4.90 Å². The van der Waals surface area contributed by atoms with Gasteiger partial charge in [0.1, 0.15) is 0 Å². The van der Waals surface area contributed by atoms with Crippen molar-refractivity contribution in [3.63, 3.8) is 0 Å². The minimum atomic E-state index is 0. The van der Waals surface area contributed by atoms with Crippen molar-refractivity contribution in [2.75, 3.05) is 11.4 Å². The van der Waals surface area contributed by atoms with Gasteiger partial charge in [-0.1, -0.05) is 18.2 Å². The van der Waals surface area contributed by atoms with Crippen LogP contribution in [0.15, 0.2) is 30.3 Å². The first-order chi connectivity index (χ1) is 4.84. The molecule has 11 heavy (non-hydrogen) atoms. The van der Waals surface area contributed by atoms with Gasteiger partial charge in [0.25, 0.3) is 0 Å². The van der Waals surface area contributed by atoms with Crippen LogP contribution in [0.25, 0.3) is 0 Å². The summed E-state index contributed by atoms with van der Waals surface area (Å²) in [4.78, 5) is 1.85. The summed E-state index contributed by atoms with van der Waals surface area (Å²) in [6.07, 6.45) is 0. The van der Waals surface area contributed by atoms with E-state index in [0.717, 1.165) is 5.69 Å². The number of nitrogens with zero attached hydrogens (tertiary/aromatic N) is 1. The molecule has 0 heterocycles. The predicted octanol–water partition coefficient (Wildman–Crippen LogP) is 2.12. The van der Waals surface area contributed by atoms with Crippen molar-refractivity contribution in [1.29, 1.82) is 0 Å². The van der Waals surface area contributed by atoms with Crippen LogP contribution in [0.4, 0.5) is 5.69 Å². The molecule has 0 unspecified atom stereocenters. The van der Waals surface area contributed by atoms with Gasteiger partial charge in [0.15, 0.2) is 0 Å². The molecule has 1 nitrogen and oxygen atoms in total. The number of anilines is 1. The van der Waals surface area contributed by atoms with Crippen LogP contribution in [-0.4, -0.2) is 6.54 Å². The summed E-state index contributed by atoms with van der Waals surface area (Å²) in [6, 6.07) is 9.99. The standard InChI is InChI=1S/C9H11N.W/c1-3-10(2)9-7-5-4-6-8-9;/h4-8H,1-3H2;/q-2;+2. The summed E-state index contributed by atoms with van der Waals surface area (Å²) in [5, 5.41) is 0. The van der Waals surface area contributed by atoms with E-state index in [9.17, 15) is 0 Å². The van der Waals surface area contributed by atoms with Crippen molar-refractivity contribution in [3.05, 3.63) is 44.3 Å². The Morgan fingerprint density at radius 1 is 1.18 bits per heavy atom. The summed E-state index contributed by atoms with van der Waals surface area (Å²) in [5.74, 6) is 0. The molecule has 2 heteroatoms. The third-order valence-corrected chi connectivity index (χ3v) is 1.39. The first-order valence-corrected chi connectivity index (χ1v) is 3.27. The van der Waals surface area contributed by atoms with Crippen molar-refractivity contribution < 1.29 is 21.1 Å². The summed E-state index contributed by atoms with van der Waals surface area (Å²) >= 11 is 0. The first-order valence-electron chi connectivity index (χ1n) is 3.27. The molecule has 0 N–H and O–H groups in total. The fourth-order valence-corrected chi connectivity index (χ4v) is 0.768. The minimum Gasteiger partial charge on any atom is -0.550 e. The van der Waals surface area contributed by atoms with Gasteiger partial charge >= 0.3 is 21.1 Å². The molecule has 0 amide bonds. The number of hydrogen-bond acceptors (Lipinski definition) is 1. The maximum absolute atomic E-state index is 3.80. The van der Waals surface area contributed by atoms with E-state index >= 15 is 0 Å². The molecule has 0 saturated carbocycles. The normalized spacial score (nSPS) is 8.55. The van der Waals surface area contributed by atoms with Crippen LogP contribution in [0, 0.1) is 14.0 Å². The molecule has 1 rings (SSSR count). The van der Waals surface area contributed by atoms with Gasteiger partial charge in [-0.3, -0.25) is 7.05 Å². The Morgan fingerprint density at radius 3 is 2.18 bits per heavy atom. The van der Waals surface area contributed by atoms with E-state index < -0.39 is 0 Å². The fraction of sp³-hybridized carbons (Fsp3) is 0.111. The summed E-state index contributed by atoms with van der Waals surface area (Å²) < 4.78 is 0. The van der Waals surface area contributed by atoms with E-state index in [1.54, 1.807) is 0 Å². The van der Waals surface area contributed by atoms with Crippen molar-refractivity contribution in [2.45, 2.75) is 0 Å². The van der Waals surface area contributed by atoms with Gasteiger partial charge in [-0.05, 0) is 12.1 Å². The van der Waals surface area contributed by atoms with Crippen LogP contribution in [0.5, 0.6) is 0 Å². The SMILES string of the molecule is [CH2-]CN([CH2-])c1ccccc1.[W+2]. The molecule has 0 aliphatic rings. The average Bonchev–Trinajstić information content (AvgIpc) is 2.05. The maximum Gasteiger partial charge on any atom is 2.00 e. The molecule has 1 aromatic carbocycles. The summed E-state index contributed by atoms with van der Waals surface area (Å²) in [5.41, 5.74) is 1.11. The monoisotopic (exact) mass is 317 g/mol. The van der Waals surface area contributed by atoms with E-state index in [1.807, 2.05) is 35.2 Å². The molecular formula is C9H11NW. The van der Waals surface area contributed by atoms with Crippen LogP contribution in [0.3, 0.4) is 0 Å². The van der Waals surface area contributed by atoms with Crippen molar-refractivity contribution in [2.24, 2.45) is 0 Å². The largest absolute Gasteiger partial charge is 2.00 e. The molecule has 58 valence electrons.